The summed E-state index contributed by atoms with van der Waals surface area (Å²) >= 11 is 10.7. The summed E-state index contributed by atoms with van der Waals surface area (Å²) in [6.07, 6.45) is 6.58. The number of rotatable bonds is 1. The molecule has 1 rings (SSSR count). The summed E-state index contributed by atoms with van der Waals surface area (Å²) < 4.78 is -0.00898. The van der Waals surface area contributed by atoms with Gasteiger partial charge in [-0.2, -0.15) is 0 Å². The summed E-state index contributed by atoms with van der Waals surface area (Å²) in [5, 5.41) is 0. The highest BCUT2D eigenvalue weighted by atomic mass is 35.5. The van der Waals surface area contributed by atoms with Crippen molar-refractivity contribution in [2.75, 3.05) is 0 Å². The van der Waals surface area contributed by atoms with Crippen LogP contribution in [0.15, 0.2) is 0 Å². The van der Waals surface area contributed by atoms with Gasteiger partial charge in [-0.1, -0.05) is 31.9 Å². The van der Waals surface area contributed by atoms with Crippen LogP contribution >= 0.6 is 24.2 Å². The minimum absolute atomic E-state index is 0.00898. The van der Waals surface area contributed by atoms with Gasteiger partial charge in [-0.15, -0.1) is 11.6 Å². The van der Waals surface area contributed by atoms with E-state index in [0.717, 1.165) is 0 Å². The van der Waals surface area contributed by atoms with Crippen molar-refractivity contribution in [3.63, 3.8) is 0 Å². The van der Waals surface area contributed by atoms with Gasteiger partial charge in [-0.05, 0) is 18.8 Å². The van der Waals surface area contributed by atoms with Gasteiger partial charge in [0.05, 0.1) is 4.71 Å². The van der Waals surface area contributed by atoms with Crippen LogP contribution in [0, 0.1) is 5.92 Å². The van der Waals surface area contributed by atoms with E-state index in [4.69, 9.17) is 24.2 Å². The Labute approximate surface area is 67.4 Å². The fourth-order valence-electron chi connectivity index (χ4n) is 1.40. The average molecular weight is 164 g/mol. The first-order chi connectivity index (χ1) is 4.30. The third kappa shape index (κ3) is 2.38. The molecule has 1 aliphatic carbocycles. The summed E-state index contributed by atoms with van der Waals surface area (Å²) in [5.74, 6) is 0.635. The zero-order valence-electron chi connectivity index (χ0n) is 5.48. The fraction of sp³-hybridized carbons (Fsp3) is 1.00. The van der Waals surface area contributed by atoms with Gasteiger partial charge >= 0.3 is 0 Å². The molecule has 0 N–H and O–H groups in total. The molecule has 1 fully saturated rings. The van der Waals surface area contributed by atoms with E-state index >= 15 is 0 Å². The van der Waals surface area contributed by atoms with Gasteiger partial charge in [0, 0.05) is 0 Å². The first-order valence-electron chi connectivity index (χ1n) is 3.60. The van der Waals surface area contributed by atoms with Gasteiger partial charge in [0.2, 0.25) is 0 Å². The third-order valence-electron chi connectivity index (χ3n) is 2.02. The maximum Gasteiger partial charge on any atom is 0.0920 e. The van der Waals surface area contributed by atoms with Crippen LogP contribution in [-0.4, -0.2) is 4.71 Å². The average Bonchev–Trinajstić information content (AvgIpc) is 1.90. The molecule has 1 atom stereocenters. The topological polar surface area (TPSA) is 0 Å². The maximum absolute atomic E-state index is 5.77. The van der Waals surface area contributed by atoms with E-state index in [1.165, 1.54) is 32.1 Å². The van der Waals surface area contributed by atoms with E-state index in [-0.39, 0.29) is 4.71 Å². The lowest BCUT2D eigenvalue weighted by molar-refractivity contribution is 0.379. The minimum atomic E-state index is -0.00898. The van der Waals surface area contributed by atoms with E-state index in [1.807, 2.05) is 0 Å². The maximum atomic E-state index is 5.77. The van der Waals surface area contributed by atoms with E-state index in [2.05, 4.69) is 0 Å². The van der Waals surface area contributed by atoms with Crippen LogP contribution in [0.5, 0.6) is 0 Å². The van der Waals surface area contributed by atoms with Crippen LogP contribution in [0.25, 0.3) is 0 Å². The van der Waals surface area contributed by atoms with Crippen molar-refractivity contribution in [3.05, 3.63) is 0 Å². The molecular formula is C7H12ClS. The molecule has 1 radical (unpaired) electrons. The summed E-state index contributed by atoms with van der Waals surface area (Å²) in [6.45, 7) is 0. The molecule has 0 aliphatic heterocycles. The molecule has 0 heterocycles. The van der Waals surface area contributed by atoms with Gasteiger partial charge in [0.1, 0.15) is 0 Å². The first kappa shape index (κ1) is 7.74. The number of alkyl halides is 1. The van der Waals surface area contributed by atoms with Crippen molar-refractivity contribution in [1.29, 1.82) is 0 Å². The van der Waals surface area contributed by atoms with Crippen molar-refractivity contribution in [3.8, 4) is 0 Å². The third-order valence-corrected chi connectivity index (χ3v) is 2.76. The Balaban J connectivity index is 2.23. The summed E-state index contributed by atoms with van der Waals surface area (Å²) in [7, 11) is 0. The largest absolute Gasteiger partial charge is 0.110 e. The van der Waals surface area contributed by atoms with Gasteiger partial charge in [0.25, 0.3) is 0 Å². The van der Waals surface area contributed by atoms with Gasteiger partial charge < -0.3 is 0 Å². The van der Waals surface area contributed by atoms with Crippen LogP contribution in [0.1, 0.15) is 32.1 Å². The van der Waals surface area contributed by atoms with Crippen LogP contribution in [0.2, 0.25) is 0 Å². The molecule has 0 aromatic heterocycles. The van der Waals surface area contributed by atoms with Crippen LogP contribution in [0.3, 0.4) is 0 Å². The van der Waals surface area contributed by atoms with E-state index in [0.29, 0.717) is 5.92 Å². The molecular weight excluding hydrogens is 152 g/mol. The second kappa shape index (κ2) is 3.72. The van der Waals surface area contributed by atoms with Crippen LogP contribution in [-0.2, 0) is 0 Å². The Morgan fingerprint density at radius 2 is 1.78 bits per heavy atom. The molecule has 9 heavy (non-hydrogen) atoms. The molecule has 0 aromatic carbocycles. The zero-order chi connectivity index (χ0) is 6.69. The van der Waals surface area contributed by atoms with Crippen LogP contribution < -0.4 is 0 Å². The van der Waals surface area contributed by atoms with Crippen molar-refractivity contribution >= 4 is 24.2 Å². The van der Waals surface area contributed by atoms with Crippen LogP contribution in [0.4, 0.5) is 0 Å². The molecule has 1 saturated carbocycles. The van der Waals surface area contributed by atoms with Crippen molar-refractivity contribution in [2.24, 2.45) is 5.92 Å². The zero-order valence-corrected chi connectivity index (χ0v) is 7.05. The first-order valence-corrected chi connectivity index (χ1v) is 4.51. The van der Waals surface area contributed by atoms with Crippen molar-refractivity contribution in [2.45, 2.75) is 36.8 Å². The van der Waals surface area contributed by atoms with Crippen molar-refractivity contribution in [1.82, 2.24) is 0 Å². The van der Waals surface area contributed by atoms with Crippen molar-refractivity contribution < 1.29 is 0 Å². The SMILES string of the molecule is [S]C(Cl)C1CCCCC1. The minimum Gasteiger partial charge on any atom is -0.110 e. The molecule has 0 nitrogen and oxygen atoms in total. The normalized spacial score (nSPS) is 26.0. The monoisotopic (exact) mass is 163 g/mol. The smallest absolute Gasteiger partial charge is 0.0920 e. The fourth-order valence-corrected chi connectivity index (χ4v) is 1.92. The Morgan fingerprint density at radius 3 is 2.11 bits per heavy atom. The Hall–Kier alpha value is 0.640. The molecule has 0 bridgehead atoms. The van der Waals surface area contributed by atoms with E-state index < -0.39 is 0 Å². The van der Waals surface area contributed by atoms with Gasteiger partial charge in [-0.25, -0.2) is 0 Å². The Bertz CT molecular complexity index is 77.0. The highest BCUT2D eigenvalue weighted by Crippen LogP contribution is 2.30. The molecule has 2 heteroatoms. The summed E-state index contributed by atoms with van der Waals surface area (Å²) in [5.41, 5.74) is 0. The Morgan fingerprint density at radius 1 is 1.22 bits per heavy atom. The number of halogens is 1. The second-order valence-electron chi connectivity index (χ2n) is 2.75. The lowest BCUT2D eigenvalue weighted by atomic mass is 9.91. The predicted molar refractivity (Wildman–Crippen MR) is 43.8 cm³/mol. The molecule has 0 spiro atoms. The lowest BCUT2D eigenvalue weighted by Crippen LogP contribution is -2.12. The lowest BCUT2D eigenvalue weighted by Gasteiger charge is -2.22. The molecule has 53 valence electrons. The summed E-state index contributed by atoms with van der Waals surface area (Å²) in [6, 6.07) is 0. The Kier molecular flexibility index (Phi) is 3.20. The standard InChI is InChI=1S/C7H12ClS/c8-7(9)6-4-2-1-3-5-6/h6-7H,1-5H2. The molecule has 1 aliphatic rings. The second-order valence-corrected chi connectivity index (χ2v) is 3.99. The molecule has 0 amide bonds. The molecule has 1 unspecified atom stereocenters. The van der Waals surface area contributed by atoms with Gasteiger partial charge in [0.15, 0.2) is 0 Å². The highest BCUT2D eigenvalue weighted by molar-refractivity contribution is 7.82. The molecule has 0 saturated heterocycles. The van der Waals surface area contributed by atoms with Gasteiger partial charge in [-0.3, -0.25) is 0 Å². The quantitative estimate of drug-likeness (QED) is 0.521. The van der Waals surface area contributed by atoms with E-state index in [9.17, 15) is 0 Å². The number of hydrogen-bond donors (Lipinski definition) is 0. The van der Waals surface area contributed by atoms with E-state index in [1.54, 1.807) is 0 Å². The molecule has 0 aromatic rings. The highest BCUT2D eigenvalue weighted by Gasteiger charge is 2.18. The summed E-state index contributed by atoms with van der Waals surface area (Å²) in [4.78, 5) is 0. The predicted octanol–water partition coefficient (Wildman–Crippen LogP) is 3.33. The number of hydrogen-bond acceptors (Lipinski definition) is 0.